The number of nitrogens with zero attached hydrogens (tertiary/aromatic N) is 1. The van der Waals surface area contributed by atoms with Gasteiger partial charge in [-0.15, -0.1) is 11.3 Å². The van der Waals surface area contributed by atoms with Crippen LogP contribution in [0.15, 0.2) is 66.7 Å². The summed E-state index contributed by atoms with van der Waals surface area (Å²) in [5, 5.41) is 10.5. The van der Waals surface area contributed by atoms with Crippen LogP contribution in [0, 0.1) is 11.7 Å². The van der Waals surface area contributed by atoms with Crippen molar-refractivity contribution in [3.8, 4) is 17.2 Å². The zero-order valence-electron chi connectivity index (χ0n) is 18.2. The lowest BCUT2D eigenvalue weighted by atomic mass is 9.99. The summed E-state index contributed by atoms with van der Waals surface area (Å²) in [6, 6.07) is 16.9. The van der Waals surface area contributed by atoms with Gasteiger partial charge in [-0.3, -0.25) is 9.69 Å². The number of ether oxygens (including phenoxy) is 1. The molecule has 1 aliphatic heterocycles. The normalized spacial score (nSPS) is 14.7. The maximum absolute atomic E-state index is 13.3. The summed E-state index contributed by atoms with van der Waals surface area (Å²) in [6.07, 6.45) is -4.16. The fourth-order valence-corrected chi connectivity index (χ4v) is 5.11. The van der Waals surface area contributed by atoms with E-state index in [2.05, 4.69) is 0 Å². The molecule has 3 aromatic carbocycles. The minimum absolute atomic E-state index is 0.00958. The lowest BCUT2D eigenvalue weighted by Gasteiger charge is -2.40. The number of halogens is 4. The lowest BCUT2D eigenvalue weighted by molar-refractivity contribution is -0.210. The Morgan fingerprint density at radius 1 is 1.03 bits per heavy atom. The number of hydrogen-bond acceptors (Lipinski definition) is 5. The van der Waals surface area contributed by atoms with Gasteiger partial charge in [0, 0.05) is 35.3 Å². The highest BCUT2D eigenvalue weighted by Gasteiger charge is 2.46. The monoisotopic (exact) mass is 501 g/mol. The van der Waals surface area contributed by atoms with Crippen LogP contribution in [0.2, 0.25) is 0 Å². The number of carbonyl (C=O) groups is 1. The van der Waals surface area contributed by atoms with Gasteiger partial charge in [-0.05, 0) is 60.2 Å². The molecule has 5 rings (SSSR count). The predicted molar refractivity (Wildman–Crippen MR) is 125 cm³/mol. The number of likely N-dealkylation sites (tertiary alicyclic amines) is 1. The summed E-state index contributed by atoms with van der Waals surface area (Å²) in [6.45, 7) is 0.385. The molecule has 1 saturated heterocycles. The molecule has 4 aromatic rings. The minimum atomic E-state index is -4.16. The molecule has 180 valence electrons. The van der Waals surface area contributed by atoms with Gasteiger partial charge in [0.25, 0.3) is 0 Å². The van der Waals surface area contributed by atoms with Crippen LogP contribution in [0.25, 0.3) is 10.1 Å². The summed E-state index contributed by atoms with van der Waals surface area (Å²) in [4.78, 5) is 15.2. The highest BCUT2D eigenvalue weighted by Crippen LogP contribution is 2.43. The molecule has 1 aliphatic rings. The van der Waals surface area contributed by atoms with Gasteiger partial charge in [0.1, 0.15) is 22.2 Å². The molecule has 9 heteroatoms. The van der Waals surface area contributed by atoms with Gasteiger partial charge in [0.15, 0.2) is 5.75 Å². The molecule has 0 radical (unpaired) electrons. The number of carbonyl (C=O) groups excluding carboxylic acids is 1. The number of fused-ring (bicyclic) bond motifs is 1. The number of phenols is 1. The number of ketones is 1. The number of benzene rings is 3. The van der Waals surface area contributed by atoms with E-state index in [-0.39, 0.29) is 24.6 Å². The first-order valence-electron chi connectivity index (χ1n) is 10.8. The summed E-state index contributed by atoms with van der Waals surface area (Å²) in [5.74, 6) is -1.24. The van der Waals surface area contributed by atoms with Crippen molar-refractivity contribution in [3.05, 3.63) is 88.6 Å². The van der Waals surface area contributed by atoms with Crippen molar-refractivity contribution in [2.75, 3.05) is 13.1 Å². The summed E-state index contributed by atoms with van der Waals surface area (Å²) < 4.78 is 58.2. The molecule has 1 aromatic heterocycles. The van der Waals surface area contributed by atoms with Crippen molar-refractivity contribution in [1.82, 2.24) is 4.90 Å². The molecule has 0 unspecified atom stereocenters. The second-order valence-electron chi connectivity index (χ2n) is 8.46. The maximum Gasteiger partial charge on any atom is 0.394 e. The molecule has 0 saturated carbocycles. The molecular formula is C26H19F4NO3S. The molecule has 1 fully saturated rings. The largest absolute Gasteiger partial charge is 0.508 e. The Morgan fingerprint density at radius 2 is 1.71 bits per heavy atom. The van der Waals surface area contributed by atoms with Crippen LogP contribution in [0.4, 0.5) is 17.6 Å². The van der Waals surface area contributed by atoms with Crippen molar-refractivity contribution in [2.24, 2.45) is 5.92 Å². The van der Waals surface area contributed by atoms with Crippen LogP contribution in [0.5, 0.6) is 17.2 Å². The van der Waals surface area contributed by atoms with Crippen LogP contribution in [0.3, 0.4) is 0 Å². The van der Waals surface area contributed by atoms with Gasteiger partial charge in [-0.25, -0.2) is 4.39 Å². The van der Waals surface area contributed by atoms with Gasteiger partial charge in [-0.2, -0.15) is 13.2 Å². The van der Waals surface area contributed by atoms with Crippen molar-refractivity contribution in [1.29, 1.82) is 0 Å². The molecule has 35 heavy (non-hydrogen) atoms. The highest BCUT2D eigenvalue weighted by molar-refractivity contribution is 7.21. The molecule has 0 bridgehead atoms. The van der Waals surface area contributed by atoms with Crippen molar-refractivity contribution >= 4 is 27.2 Å². The number of thiophene rings is 1. The van der Waals surface area contributed by atoms with Crippen molar-refractivity contribution in [3.63, 3.8) is 0 Å². The fourth-order valence-electron chi connectivity index (χ4n) is 3.99. The number of aromatic hydroxyl groups is 1. The molecule has 0 spiro atoms. The third-order valence-corrected chi connectivity index (χ3v) is 7.04. The maximum atomic E-state index is 13.3. The Morgan fingerprint density at radius 3 is 2.37 bits per heavy atom. The molecule has 2 heterocycles. The van der Waals surface area contributed by atoms with E-state index in [9.17, 15) is 27.5 Å². The Labute approximate surface area is 202 Å². The fraction of sp³-hybridized carbons (Fsp3) is 0.192. The van der Waals surface area contributed by atoms with Crippen LogP contribution in [-0.2, 0) is 6.54 Å². The van der Waals surface area contributed by atoms with Crippen LogP contribution < -0.4 is 4.74 Å². The summed E-state index contributed by atoms with van der Waals surface area (Å²) >= 11 is 1.16. The second kappa shape index (κ2) is 8.98. The number of rotatable bonds is 6. The van der Waals surface area contributed by atoms with Gasteiger partial charge < -0.3 is 9.84 Å². The van der Waals surface area contributed by atoms with E-state index in [0.717, 1.165) is 16.9 Å². The minimum Gasteiger partial charge on any atom is -0.508 e. The third kappa shape index (κ3) is 4.87. The quantitative estimate of drug-likeness (QED) is 0.234. The van der Waals surface area contributed by atoms with Crippen LogP contribution >= 0.6 is 11.3 Å². The predicted octanol–water partition coefficient (Wildman–Crippen LogP) is 6.76. The van der Waals surface area contributed by atoms with E-state index in [1.807, 2.05) is 0 Å². The second-order valence-corrected chi connectivity index (χ2v) is 9.51. The first-order chi connectivity index (χ1) is 16.7. The van der Waals surface area contributed by atoms with E-state index >= 15 is 0 Å². The Kier molecular flexibility index (Phi) is 5.98. The van der Waals surface area contributed by atoms with Crippen LogP contribution in [0.1, 0.15) is 20.8 Å². The van der Waals surface area contributed by atoms with E-state index in [4.69, 9.17) is 4.74 Å². The number of phenolic OH excluding ortho intramolecular Hbond substituents is 1. The van der Waals surface area contributed by atoms with E-state index in [1.165, 1.54) is 30.3 Å². The first kappa shape index (κ1) is 23.3. The molecular weight excluding hydrogens is 482 g/mol. The topological polar surface area (TPSA) is 49.8 Å². The van der Waals surface area contributed by atoms with Crippen molar-refractivity contribution in [2.45, 2.75) is 12.7 Å². The number of alkyl halides is 3. The molecule has 4 nitrogen and oxygen atoms in total. The average molecular weight is 502 g/mol. The average Bonchev–Trinajstić information content (AvgIpc) is 3.13. The zero-order chi connectivity index (χ0) is 24.7. The Bertz CT molecular complexity index is 1370. The van der Waals surface area contributed by atoms with Crippen molar-refractivity contribution < 1.29 is 32.2 Å². The SMILES string of the molecule is O=C(c1ccc(F)cc1)c1sc2cc(O)ccc2c1Oc1ccc(CN2CC(C(F)(F)F)C2)cc1. The standard InChI is InChI=1S/C26H19F4NO3S/c27-18-5-3-16(4-6-18)23(33)25-24(21-10-7-19(32)11-22(21)35-25)34-20-8-1-15(2-9-20)12-31-13-17(14-31)26(28,29)30/h1-11,17,32H,12-14H2. The summed E-state index contributed by atoms with van der Waals surface area (Å²) in [5.41, 5.74) is 1.15. The van der Waals surface area contributed by atoms with Crippen LogP contribution in [-0.4, -0.2) is 35.1 Å². The van der Waals surface area contributed by atoms with E-state index in [1.54, 1.807) is 41.3 Å². The molecule has 1 N–H and O–H groups in total. The Balaban J connectivity index is 1.38. The third-order valence-electron chi connectivity index (χ3n) is 5.91. The smallest absolute Gasteiger partial charge is 0.394 e. The van der Waals surface area contributed by atoms with Gasteiger partial charge in [-0.1, -0.05) is 12.1 Å². The first-order valence-corrected chi connectivity index (χ1v) is 11.6. The summed E-state index contributed by atoms with van der Waals surface area (Å²) in [7, 11) is 0. The highest BCUT2D eigenvalue weighted by atomic mass is 32.1. The van der Waals surface area contributed by atoms with E-state index < -0.39 is 17.9 Å². The molecule has 0 atom stereocenters. The van der Waals surface area contributed by atoms with Gasteiger partial charge in [0.05, 0.1) is 5.92 Å². The molecule has 0 aliphatic carbocycles. The lowest BCUT2D eigenvalue weighted by Crippen LogP contribution is -2.52. The Hall–Kier alpha value is -3.43. The van der Waals surface area contributed by atoms with Gasteiger partial charge in [0.2, 0.25) is 5.78 Å². The van der Waals surface area contributed by atoms with E-state index in [0.29, 0.717) is 38.6 Å². The zero-order valence-corrected chi connectivity index (χ0v) is 19.0. The van der Waals surface area contributed by atoms with Gasteiger partial charge >= 0.3 is 6.18 Å². The molecule has 0 amide bonds. The number of hydrogen-bond donors (Lipinski definition) is 1.